The van der Waals surface area contributed by atoms with Gasteiger partial charge in [0.25, 0.3) is 0 Å². The first kappa shape index (κ1) is 12.0. The molecular weight excluding hydrogens is 234 g/mol. The van der Waals surface area contributed by atoms with Gasteiger partial charge in [-0.15, -0.1) is 0 Å². The lowest BCUT2D eigenvalue weighted by atomic mass is 10.0. The van der Waals surface area contributed by atoms with Crippen molar-refractivity contribution in [1.82, 2.24) is 9.55 Å². The molecule has 0 N–H and O–H groups in total. The SMILES string of the molecule is Cc1ccc(-c2nc3n(c2C#N)CCCC3)cc1C. The van der Waals surface area contributed by atoms with Gasteiger partial charge >= 0.3 is 0 Å². The molecule has 1 aliphatic rings. The van der Waals surface area contributed by atoms with Gasteiger partial charge in [0.15, 0.2) is 0 Å². The van der Waals surface area contributed by atoms with Gasteiger partial charge in [-0.3, -0.25) is 0 Å². The van der Waals surface area contributed by atoms with E-state index in [1.807, 2.05) is 0 Å². The quantitative estimate of drug-likeness (QED) is 0.779. The minimum absolute atomic E-state index is 0.720. The third-order valence-corrected chi connectivity index (χ3v) is 3.97. The van der Waals surface area contributed by atoms with Gasteiger partial charge in [-0.25, -0.2) is 4.98 Å². The molecule has 0 aliphatic carbocycles. The van der Waals surface area contributed by atoms with Crippen molar-refractivity contribution >= 4 is 0 Å². The van der Waals surface area contributed by atoms with Crippen molar-refractivity contribution in [2.75, 3.05) is 0 Å². The largest absolute Gasteiger partial charge is 0.319 e. The third-order valence-electron chi connectivity index (χ3n) is 3.97. The molecule has 1 aliphatic heterocycles. The fourth-order valence-electron chi connectivity index (χ4n) is 2.69. The molecule has 1 aromatic carbocycles. The van der Waals surface area contributed by atoms with Gasteiger partial charge < -0.3 is 4.57 Å². The molecule has 0 fully saturated rings. The normalized spacial score (nSPS) is 13.9. The molecule has 0 spiro atoms. The van der Waals surface area contributed by atoms with E-state index in [2.05, 4.69) is 42.7 Å². The molecule has 0 radical (unpaired) electrons. The molecule has 0 unspecified atom stereocenters. The minimum atomic E-state index is 0.720. The van der Waals surface area contributed by atoms with Gasteiger partial charge in [-0.05, 0) is 43.9 Å². The minimum Gasteiger partial charge on any atom is -0.319 e. The summed E-state index contributed by atoms with van der Waals surface area (Å²) >= 11 is 0. The van der Waals surface area contributed by atoms with E-state index in [9.17, 15) is 5.26 Å². The van der Waals surface area contributed by atoms with Crippen LogP contribution in [0.25, 0.3) is 11.3 Å². The van der Waals surface area contributed by atoms with Crippen LogP contribution in [0, 0.1) is 25.2 Å². The average molecular weight is 251 g/mol. The molecule has 3 rings (SSSR count). The van der Waals surface area contributed by atoms with E-state index in [0.717, 1.165) is 42.2 Å². The molecule has 3 nitrogen and oxygen atoms in total. The lowest BCUT2D eigenvalue weighted by Gasteiger charge is -2.13. The Bertz CT molecular complexity index is 674. The second kappa shape index (κ2) is 4.55. The summed E-state index contributed by atoms with van der Waals surface area (Å²) in [7, 11) is 0. The summed E-state index contributed by atoms with van der Waals surface area (Å²) in [6.45, 7) is 5.12. The van der Waals surface area contributed by atoms with E-state index in [4.69, 9.17) is 4.98 Å². The Balaban J connectivity index is 2.17. The van der Waals surface area contributed by atoms with E-state index in [-0.39, 0.29) is 0 Å². The van der Waals surface area contributed by atoms with Gasteiger partial charge in [-0.2, -0.15) is 5.26 Å². The highest BCUT2D eigenvalue weighted by Crippen LogP contribution is 2.28. The zero-order chi connectivity index (χ0) is 13.4. The van der Waals surface area contributed by atoms with Crippen LogP contribution in [0.3, 0.4) is 0 Å². The Labute approximate surface area is 113 Å². The molecule has 0 bridgehead atoms. The molecule has 2 aromatic rings. The molecular formula is C16H17N3. The first-order valence-electron chi connectivity index (χ1n) is 6.78. The maximum atomic E-state index is 9.44. The molecule has 2 heterocycles. The monoisotopic (exact) mass is 251 g/mol. The number of aryl methyl sites for hydroxylation is 3. The van der Waals surface area contributed by atoms with Crippen LogP contribution < -0.4 is 0 Å². The Morgan fingerprint density at radius 2 is 2.05 bits per heavy atom. The Morgan fingerprint density at radius 3 is 2.79 bits per heavy atom. The fourth-order valence-corrected chi connectivity index (χ4v) is 2.69. The zero-order valence-corrected chi connectivity index (χ0v) is 11.4. The fraction of sp³-hybridized carbons (Fsp3) is 0.375. The summed E-state index contributed by atoms with van der Waals surface area (Å²) in [5.41, 5.74) is 5.14. The lowest BCUT2D eigenvalue weighted by molar-refractivity contribution is 0.519. The molecule has 0 saturated heterocycles. The summed E-state index contributed by atoms with van der Waals surface area (Å²) in [6, 6.07) is 8.63. The van der Waals surface area contributed by atoms with Crippen molar-refractivity contribution in [3.05, 3.63) is 40.8 Å². The topological polar surface area (TPSA) is 41.6 Å². The number of nitriles is 1. The maximum Gasteiger partial charge on any atom is 0.148 e. The molecule has 0 atom stereocenters. The molecule has 0 saturated carbocycles. The van der Waals surface area contributed by atoms with Gasteiger partial charge in [0, 0.05) is 18.5 Å². The van der Waals surface area contributed by atoms with Crippen LogP contribution in [-0.2, 0) is 13.0 Å². The van der Waals surface area contributed by atoms with E-state index in [0.29, 0.717) is 0 Å². The van der Waals surface area contributed by atoms with Crippen LogP contribution in [0.15, 0.2) is 18.2 Å². The van der Waals surface area contributed by atoms with Crippen molar-refractivity contribution < 1.29 is 0 Å². The third kappa shape index (κ3) is 1.94. The molecule has 19 heavy (non-hydrogen) atoms. The first-order chi connectivity index (χ1) is 9.20. The first-order valence-corrected chi connectivity index (χ1v) is 6.78. The number of hydrogen-bond donors (Lipinski definition) is 0. The number of hydrogen-bond acceptors (Lipinski definition) is 2. The predicted octanol–water partition coefficient (Wildman–Crippen LogP) is 3.37. The number of imidazole rings is 1. The van der Waals surface area contributed by atoms with Crippen LogP contribution >= 0.6 is 0 Å². The second-order valence-corrected chi connectivity index (χ2v) is 5.24. The Hall–Kier alpha value is -2.08. The molecule has 0 amide bonds. The number of nitrogens with zero attached hydrogens (tertiary/aromatic N) is 3. The van der Waals surface area contributed by atoms with Crippen molar-refractivity contribution in [1.29, 1.82) is 5.26 Å². The van der Waals surface area contributed by atoms with Gasteiger partial charge in [-0.1, -0.05) is 12.1 Å². The van der Waals surface area contributed by atoms with Crippen LogP contribution in [-0.4, -0.2) is 9.55 Å². The van der Waals surface area contributed by atoms with E-state index in [1.165, 1.54) is 17.5 Å². The van der Waals surface area contributed by atoms with Crippen molar-refractivity contribution in [3.63, 3.8) is 0 Å². The molecule has 96 valence electrons. The average Bonchev–Trinajstić information content (AvgIpc) is 2.80. The number of rotatable bonds is 1. The zero-order valence-electron chi connectivity index (χ0n) is 11.4. The van der Waals surface area contributed by atoms with Crippen LogP contribution in [0.5, 0.6) is 0 Å². The predicted molar refractivity (Wildman–Crippen MR) is 74.8 cm³/mol. The summed E-state index contributed by atoms with van der Waals surface area (Å²) in [6.07, 6.45) is 3.30. The van der Waals surface area contributed by atoms with Gasteiger partial charge in [0.1, 0.15) is 23.3 Å². The summed E-state index contributed by atoms with van der Waals surface area (Å²) < 4.78 is 2.09. The smallest absolute Gasteiger partial charge is 0.148 e. The summed E-state index contributed by atoms with van der Waals surface area (Å²) in [4.78, 5) is 4.70. The molecule has 3 heteroatoms. The summed E-state index contributed by atoms with van der Waals surface area (Å²) in [5, 5.41) is 9.44. The summed E-state index contributed by atoms with van der Waals surface area (Å²) in [5.74, 6) is 1.07. The highest BCUT2D eigenvalue weighted by molar-refractivity contribution is 5.67. The highest BCUT2D eigenvalue weighted by atomic mass is 15.1. The Kier molecular flexibility index (Phi) is 2.87. The van der Waals surface area contributed by atoms with Crippen molar-refractivity contribution in [2.45, 2.75) is 39.7 Å². The Morgan fingerprint density at radius 1 is 1.21 bits per heavy atom. The van der Waals surface area contributed by atoms with Gasteiger partial charge in [0.2, 0.25) is 0 Å². The maximum absolute atomic E-state index is 9.44. The molecule has 1 aromatic heterocycles. The van der Waals surface area contributed by atoms with Gasteiger partial charge in [0.05, 0.1) is 0 Å². The number of benzene rings is 1. The number of fused-ring (bicyclic) bond motifs is 1. The van der Waals surface area contributed by atoms with Crippen LogP contribution in [0.1, 0.15) is 35.5 Å². The highest BCUT2D eigenvalue weighted by Gasteiger charge is 2.20. The van der Waals surface area contributed by atoms with Crippen molar-refractivity contribution in [3.8, 4) is 17.3 Å². The number of aromatic nitrogens is 2. The lowest BCUT2D eigenvalue weighted by Crippen LogP contribution is -2.11. The standard InChI is InChI=1S/C16H17N3/c1-11-6-7-13(9-12(11)2)16-14(10-17)19-8-4-3-5-15(19)18-16/h6-7,9H,3-5,8H2,1-2H3. The van der Waals surface area contributed by atoms with Crippen LogP contribution in [0.2, 0.25) is 0 Å². The van der Waals surface area contributed by atoms with E-state index >= 15 is 0 Å². The second-order valence-electron chi connectivity index (χ2n) is 5.24. The van der Waals surface area contributed by atoms with E-state index in [1.54, 1.807) is 0 Å². The van der Waals surface area contributed by atoms with E-state index < -0.39 is 0 Å². The van der Waals surface area contributed by atoms with Crippen molar-refractivity contribution in [2.24, 2.45) is 0 Å². The van der Waals surface area contributed by atoms with Crippen LogP contribution in [0.4, 0.5) is 0 Å².